The Morgan fingerprint density at radius 2 is 2.20 bits per heavy atom. The number of phosphoric ester groups is 1. The van der Waals surface area contributed by atoms with Crippen molar-refractivity contribution in [1.82, 2.24) is 9.55 Å². The lowest BCUT2D eigenvalue weighted by atomic mass is 9.96. The Morgan fingerprint density at radius 3 is 2.84 bits per heavy atom. The summed E-state index contributed by atoms with van der Waals surface area (Å²) in [5.74, 6) is 0.0176. The second-order valence-electron chi connectivity index (χ2n) is 6.00. The summed E-state index contributed by atoms with van der Waals surface area (Å²) in [6.45, 7) is 1.42. The van der Waals surface area contributed by atoms with Gasteiger partial charge in [0.2, 0.25) is 0 Å². The summed E-state index contributed by atoms with van der Waals surface area (Å²) >= 11 is 0. The van der Waals surface area contributed by atoms with E-state index in [1.54, 1.807) is 0 Å². The van der Waals surface area contributed by atoms with Crippen LogP contribution in [0.2, 0.25) is 0 Å². The lowest BCUT2D eigenvalue weighted by Crippen LogP contribution is -2.46. The molecule has 0 radical (unpaired) electrons. The van der Waals surface area contributed by atoms with Crippen LogP contribution in [0, 0.1) is 0 Å². The number of hydrogen-bond acceptors (Lipinski definition) is 10. The molecule has 2 fully saturated rings. The highest BCUT2D eigenvalue weighted by molar-refractivity contribution is 7.48. The predicted octanol–water partition coefficient (Wildman–Crippen LogP) is -0.604. The van der Waals surface area contributed by atoms with Gasteiger partial charge in [-0.3, -0.25) is 18.1 Å². The topological polar surface area (TPSA) is 155 Å². The summed E-state index contributed by atoms with van der Waals surface area (Å²) in [5, 5.41) is 20.9. The van der Waals surface area contributed by atoms with Gasteiger partial charge < -0.3 is 20.7 Å². The van der Waals surface area contributed by atoms with Gasteiger partial charge in [-0.25, -0.2) is 9.36 Å². The first-order valence-electron chi connectivity index (χ1n) is 7.67. The van der Waals surface area contributed by atoms with Gasteiger partial charge in [0.25, 0.3) is 0 Å². The number of aliphatic hydroxyl groups excluding tert-OH is 1. The molecular formula is C13H20N3O8P. The quantitative estimate of drug-likeness (QED) is 0.579. The maximum absolute atomic E-state index is 12.2. The van der Waals surface area contributed by atoms with E-state index in [1.807, 2.05) is 0 Å². The van der Waals surface area contributed by atoms with Crippen molar-refractivity contribution in [3.05, 3.63) is 22.7 Å². The Balaban J connectivity index is 1.75. The summed E-state index contributed by atoms with van der Waals surface area (Å²) in [5.41, 5.74) is 2.87. The molecule has 1 aromatic heterocycles. The molecule has 25 heavy (non-hydrogen) atoms. The molecule has 4 N–H and O–H groups in total. The molecule has 11 nitrogen and oxygen atoms in total. The second-order valence-corrected chi connectivity index (χ2v) is 7.67. The fourth-order valence-electron chi connectivity index (χ4n) is 2.67. The third kappa shape index (κ3) is 3.63. The zero-order chi connectivity index (χ0) is 18.2. The van der Waals surface area contributed by atoms with Crippen molar-refractivity contribution in [2.24, 2.45) is 0 Å². The SMILES string of the molecule is C[C@@]1(O)[C@H](O)[C@@H](COP2(=O)OCCCO2)O[C@H]1n1ccc(N)nc1=O. The van der Waals surface area contributed by atoms with Crippen molar-refractivity contribution < 1.29 is 33.1 Å². The number of nitrogens with zero attached hydrogens (tertiary/aromatic N) is 2. The third-order valence-electron chi connectivity index (χ3n) is 4.04. The fourth-order valence-corrected chi connectivity index (χ4v) is 3.93. The van der Waals surface area contributed by atoms with Crippen LogP contribution in [0.15, 0.2) is 17.1 Å². The van der Waals surface area contributed by atoms with Crippen LogP contribution in [0.25, 0.3) is 0 Å². The first-order valence-corrected chi connectivity index (χ1v) is 9.13. The number of nitrogens with two attached hydrogens (primary N) is 1. The fraction of sp³-hybridized carbons (Fsp3) is 0.692. The molecule has 3 heterocycles. The minimum absolute atomic E-state index is 0.0176. The van der Waals surface area contributed by atoms with E-state index >= 15 is 0 Å². The average molecular weight is 377 g/mol. The van der Waals surface area contributed by atoms with Crippen molar-refractivity contribution in [1.29, 1.82) is 0 Å². The van der Waals surface area contributed by atoms with Crippen LogP contribution in [0.1, 0.15) is 19.6 Å². The number of anilines is 1. The van der Waals surface area contributed by atoms with Crippen LogP contribution in [0.5, 0.6) is 0 Å². The number of ether oxygens (including phenoxy) is 1. The van der Waals surface area contributed by atoms with Crippen molar-refractivity contribution in [3.8, 4) is 0 Å². The van der Waals surface area contributed by atoms with Gasteiger partial charge in [-0.2, -0.15) is 4.98 Å². The number of phosphoric acid groups is 1. The summed E-state index contributed by atoms with van der Waals surface area (Å²) in [7, 11) is -3.71. The molecule has 0 aromatic carbocycles. The first kappa shape index (κ1) is 18.5. The van der Waals surface area contributed by atoms with E-state index in [4.69, 9.17) is 24.0 Å². The Labute approximate surface area is 142 Å². The molecule has 2 aliphatic rings. The van der Waals surface area contributed by atoms with E-state index in [1.165, 1.54) is 19.2 Å². The van der Waals surface area contributed by atoms with Gasteiger partial charge in [0, 0.05) is 6.20 Å². The van der Waals surface area contributed by atoms with Gasteiger partial charge in [0.05, 0.1) is 19.8 Å². The molecule has 140 valence electrons. The number of nitrogen functional groups attached to an aromatic ring is 1. The van der Waals surface area contributed by atoms with Gasteiger partial charge in [-0.1, -0.05) is 0 Å². The van der Waals surface area contributed by atoms with Crippen molar-refractivity contribution in [2.45, 2.75) is 37.4 Å². The summed E-state index contributed by atoms with van der Waals surface area (Å²) in [6, 6.07) is 1.36. The summed E-state index contributed by atoms with van der Waals surface area (Å²) in [4.78, 5) is 15.5. The van der Waals surface area contributed by atoms with Crippen LogP contribution in [-0.2, 0) is 22.9 Å². The molecular weight excluding hydrogens is 357 g/mol. The van der Waals surface area contributed by atoms with Crippen molar-refractivity contribution in [2.75, 3.05) is 25.6 Å². The molecule has 2 aliphatic heterocycles. The van der Waals surface area contributed by atoms with Gasteiger partial charge in [0.15, 0.2) is 6.23 Å². The zero-order valence-electron chi connectivity index (χ0n) is 13.5. The monoisotopic (exact) mass is 377 g/mol. The second kappa shape index (κ2) is 6.76. The maximum Gasteiger partial charge on any atom is 0.474 e. The highest BCUT2D eigenvalue weighted by Crippen LogP contribution is 2.52. The Morgan fingerprint density at radius 1 is 1.52 bits per heavy atom. The number of aromatic nitrogens is 2. The molecule has 0 saturated carbocycles. The van der Waals surface area contributed by atoms with Crippen molar-refractivity contribution >= 4 is 13.6 Å². The summed E-state index contributed by atoms with van der Waals surface area (Å²) < 4.78 is 33.8. The smallest absolute Gasteiger partial charge is 0.387 e. The van der Waals surface area contributed by atoms with Gasteiger partial charge in [0.1, 0.15) is 23.6 Å². The van der Waals surface area contributed by atoms with Crippen LogP contribution in [-0.4, -0.2) is 57.4 Å². The molecule has 0 aliphatic carbocycles. The summed E-state index contributed by atoms with van der Waals surface area (Å²) in [6.07, 6.45) is -1.82. The molecule has 0 amide bonds. The van der Waals surface area contributed by atoms with E-state index in [9.17, 15) is 19.6 Å². The van der Waals surface area contributed by atoms with Gasteiger partial charge >= 0.3 is 13.5 Å². The zero-order valence-corrected chi connectivity index (χ0v) is 14.4. The largest absolute Gasteiger partial charge is 0.474 e. The van der Waals surface area contributed by atoms with E-state index < -0.39 is 37.5 Å². The minimum Gasteiger partial charge on any atom is -0.387 e. The molecule has 3 rings (SSSR count). The Bertz CT molecular complexity index is 728. The van der Waals surface area contributed by atoms with E-state index in [0.717, 1.165) is 4.57 Å². The molecule has 0 bridgehead atoms. The van der Waals surface area contributed by atoms with Gasteiger partial charge in [-0.15, -0.1) is 0 Å². The molecule has 2 saturated heterocycles. The third-order valence-corrected chi connectivity index (χ3v) is 5.51. The standard InChI is InChI=1S/C13H20N3O8P/c1-13(19)10(17)8(7-23-25(20)21-5-2-6-22-25)24-11(13)16-4-3-9(14)15-12(16)18/h3-4,8,10-11,17,19H,2,5-7H2,1H3,(H2,14,15,18)/t8-,10-,11-,13-/m1/s1. The molecule has 0 spiro atoms. The number of hydrogen-bond donors (Lipinski definition) is 3. The lowest BCUT2D eigenvalue weighted by molar-refractivity contribution is -0.0987. The molecule has 1 aromatic rings. The average Bonchev–Trinajstić information content (AvgIpc) is 2.77. The molecule has 4 atom stereocenters. The normalized spacial score (nSPS) is 34.9. The minimum atomic E-state index is -3.71. The Kier molecular flexibility index (Phi) is 5.00. The van der Waals surface area contributed by atoms with E-state index in [2.05, 4.69) is 4.98 Å². The van der Waals surface area contributed by atoms with E-state index in [0.29, 0.717) is 6.42 Å². The van der Waals surface area contributed by atoms with Crippen LogP contribution in [0.3, 0.4) is 0 Å². The Hall–Kier alpha value is -1.33. The lowest BCUT2D eigenvalue weighted by Gasteiger charge is -2.27. The van der Waals surface area contributed by atoms with Crippen LogP contribution < -0.4 is 11.4 Å². The number of rotatable bonds is 4. The first-order chi connectivity index (χ1) is 11.7. The highest BCUT2D eigenvalue weighted by Gasteiger charge is 2.54. The molecule has 0 unspecified atom stereocenters. The maximum atomic E-state index is 12.2. The number of aliphatic hydroxyl groups is 2. The van der Waals surface area contributed by atoms with E-state index in [-0.39, 0.29) is 25.6 Å². The molecule has 12 heteroatoms. The highest BCUT2D eigenvalue weighted by atomic mass is 31.2. The van der Waals surface area contributed by atoms with Crippen LogP contribution >= 0.6 is 7.82 Å². The van der Waals surface area contributed by atoms with Gasteiger partial charge in [-0.05, 0) is 19.4 Å². The predicted molar refractivity (Wildman–Crippen MR) is 83.5 cm³/mol. The van der Waals surface area contributed by atoms with Crippen LogP contribution in [0.4, 0.5) is 5.82 Å². The van der Waals surface area contributed by atoms with Crippen molar-refractivity contribution in [3.63, 3.8) is 0 Å².